The highest BCUT2D eigenvalue weighted by Crippen LogP contribution is 2.34. The van der Waals surface area contributed by atoms with E-state index in [0.717, 1.165) is 43.8 Å². The van der Waals surface area contributed by atoms with Crippen molar-refractivity contribution in [1.29, 1.82) is 0 Å². The third-order valence-electron chi connectivity index (χ3n) is 11.4. The van der Waals surface area contributed by atoms with Gasteiger partial charge in [-0.2, -0.15) is 0 Å². The first-order valence-electron chi connectivity index (χ1n) is 24.2. The molecule has 0 spiro atoms. The van der Waals surface area contributed by atoms with Gasteiger partial charge in [-0.1, -0.05) is 159 Å². The van der Waals surface area contributed by atoms with Crippen molar-refractivity contribution in [2.24, 2.45) is 33.0 Å². The van der Waals surface area contributed by atoms with Gasteiger partial charge in [-0.15, -0.1) is 0 Å². The minimum atomic E-state index is -2.68. The molecule has 7 heteroatoms. The van der Waals surface area contributed by atoms with Crippen LogP contribution in [0.25, 0.3) is 0 Å². The Labute approximate surface area is 395 Å². The average Bonchev–Trinajstić information content (AvgIpc) is 3.83. The number of rotatable bonds is 11. The van der Waals surface area contributed by atoms with Gasteiger partial charge in [0.25, 0.3) is 0 Å². The van der Waals surface area contributed by atoms with E-state index in [1.807, 2.05) is 18.3 Å². The predicted octanol–water partition coefficient (Wildman–Crippen LogP) is 16.1. The zero-order valence-corrected chi connectivity index (χ0v) is 45.1. The number of para-hydroxylation sites is 1. The second kappa shape index (κ2) is 27.3. The summed E-state index contributed by atoms with van der Waals surface area (Å²) in [6, 6.07) is 23.4. The normalized spacial score (nSPS) is 15.4. The fourth-order valence-corrected chi connectivity index (χ4v) is 9.20. The number of sulfone groups is 1. The van der Waals surface area contributed by atoms with Crippen LogP contribution in [0.1, 0.15) is 185 Å². The first-order valence-corrected chi connectivity index (χ1v) is 26.0. The highest BCUT2D eigenvalue weighted by Gasteiger charge is 2.35. The number of furan rings is 1. The molecule has 0 amide bonds. The molecule has 0 N–H and O–H groups in total. The lowest BCUT2D eigenvalue weighted by atomic mass is 9.81. The Balaban J connectivity index is 0.000000404. The fourth-order valence-electron chi connectivity index (χ4n) is 7.11. The maximum Gasteiger partial charge on any atom is 0.150 e. The number of hydrogen-bond donors (Lipinski definition) is 0. The van der Waals surface area contributed by atoms with Crippen molar-refractivity contribution < 1.29 is 12.8 Å². The van der Waals surface area contributed by atoms with Crippen molar-refractivity contribution in [3.05, 3.63) is 114 Å². The molecule has 6 nitrogen and oxygen atoms in total. The second-order valence-electron chi connectivity index (χ2n) is 24.0. The SMILES string of the molecule is CC(C)(C)C1CCS(=O)(=O)C1.CC(C)(C)CCCc1cnccn1.CC(C)(C)Cc1ccco1.CC(CCC(C)(C)C)c1ccccc1.CCN(CCC(C)(C)C)c1ccccc1C. The summed E-state index contributed by atoms with van der Waals surface area (Å²) in [4.78, 5) is 10.7. The highest BCUT2D eigenvalue weighted by molar-refractivity contribution is 7.91. The van der Waals surface area contributed by atoms with E-state index in [9.17, 15) is 8.42 Å². The maximum atomic E-state index is 11.1. The van der Waals surface area contributed by atoms with E-state index in [4.69, 9.17) is 4.42 Å². The molecular weight excluding hydrogens is 807 g/mol. The lowest BCUT2D eigenvalue weighted by Gasteiger charge is -2.28. The fraction of sp³-hybridized carbons (Fsp3) is 0.649. The van der Waals surface area contributed by atoms with Crippen LogP contribution in [-0.4, -0.2) is 43.0 Å². The van der Waals surface area contributed by atoms with Gasteiger partial charge in [0.05, 0.1) is 23.5 Å². The highest BCUT2D eigenvalue weighted by atomic mass is 32.2. The summed E-state index contributed by atoms with van der Waals surface area (Å²) in [5, 5.41) is 0. The van der Waals surface area contributed by atoms with E-state index < -0.39 is 9.84 Å². The first-order chi connectivity index (χ1) is 29.4. The molecule has 64 heavy (non-hydrogen) atoms. The molecule has 1 fully saturated rings. The summed E-state index contributed by atoms with van der Waals surface area (Å²) in [5.41, 5.74) is 7.12. The summed E-state index contributed by atoms with van der Waals surface area (Å²) in [5.74, 6) is 2.93. The molecule has 0 saturated carbocycles. The van der Waals surface area contributed by atoms with Crippen LogP contribution >= 0.6 is 0 Å². The van der Waals surface area contributed by atoms with E-state index in [0.29, 0.717) is 45.0 Å². The molecule has 362 valence electrons. The molecule has 1 aliphatic heterocycles. The number of benzene rings is 2. The smallest absolute Gasteiger partial charge is 0.150 e. The molecule has 0 aliphatic carbocycles. The molecule has 1 aliphatic rings. The van der Waals surface area contributed by atoms with Gasteiger partial charge in [0, 0.05) is 43.8 Å². The van der Waals surface area contributed by atoms with Gasteiger partial charge in [0.15, 0.2) is 9.84 Å². The molecule has 1 saturated heterocycles. The third kappa shape index (κ3) is 29.2. The van der Waals surface area contributed by atoms with Crippen molar-refractivity contribution in [3.63, 3.8) is 0 Å². The van der Waals surface area contributed by atoms with E-state index >= 15 is 0 Å². The Bertz CT molecular complexity index is 1890. The number of aromatic nitrogens is 2. The second-order valence-corrected chi connectivity index (χ2v) is 26.2. The Hall–Kier alpha value is -3.45. The summed E-state index contributed by atoms with van der Waals surface area (Å²) < 4.78 is 27.4. The van der Waals surface area contributed by atoms with Crippen LogP contribution in [0.2, 0.25) is 0 Å². The molecule has 2 atom stereocenters. The average molecular weight is 902 g/mol. The molecular formula is C57H95N3O3S. The Morgan fingerprint density at radius 2 is 1.33 bits per heavy atom. The minimum Gasteiger partial charge on any atom is -0.469 e. The van der Waals surface area contributed by atoms with E-state index in [1.54, 1.807) is 18.7 Å². The monoisotopic (exact) mass is 902 g/mol. The van der Waals surface area contributed by atoms with Gasteiger partial charge >= 0.3 is 0 Å². The summed E-state index contributed by atoms with van der Waals surface area (Å²) in [6.45, 7) is 42.6. The van der Waals surface area contributed by atoms with Crippen LogP contribution < -0.4 is 4.90 Å². The number of anilines is 1. The topological polar surface area (TPSA) is 76.3 Å². The maximum absolute atomic E-state index is 11.1. The molecule has 3 heterocycles. The summed E-state index contributed by atoms with van der Waals surface area (Å²) in [6.07, 6.45) is 16.2. The van der Waals surface area contributed by atoms with Gasteiger partial charge in [-0.25, -0.2) is 8.42 Å². The molecule has 5 rings (SSSR count). The van der Waals surface area contributed by atoms with Crippen LogP contribution in [0.4, 0.5) is 5.69 Å². The van der Waals surface area contributed by atoms with E-state index in [1.165, 1.54) is 48.9 Å². The van der Waals surface area contributed by atoms with Crippen LogP contribution in [0.3, 0.4) is 0 Å². The Morgan fingerprint density at radius 1 is 0.734 bits per heavy atom. The lowest BCUT2D eigenvalue weighted by molar-refractivity contribution is 0.268. The number of nitrogens with zero attached hydrogens (tertiary/aromatic N) is 3. The number of hydrogen-bond acceptors (Lipinski definition) is 6. The molecule has 4 aromatic rings. The Kier molecular flexibility index (Phi) is 24.9. The van der Waals surface area contributed by atoms with Crippen molar-refractivity contribution in [2.45, 2.75) is 182 Å². The molecule has 2 aromatic carbocycles. The van der Waals surface area contributed by atoms with E-state index in [-0.39, 0.29) is 5.41 Å². The predicted molar refractivity (Wildman–Crippen MR) is 279 cm³/mol. The van der Waals surface area contributed by atoms with Gasteiger partial charge < -0.3 is 9.32 Å². The molecule has 0 radical (unpaired) electrons. The molecule has 2 unspecified atom stereocenters. The standard InChI is InChI=1S/C15H25N.C14H22.C11H18N2.C9H14O.C8H16O2S/c1-6-16(12-11-15(3,4)5)14-10-8-7-9-13(14)2;1-12(10-11-14(2,3)4)13-8-6-5-7-9-13;1-11(2,3)6-4-5-10-9-12-7-8-13-10;1-9(2,3)7-8-5-4-6-10-8;1-8(2,3)7-4-5-11(9,10)6-7/h7-10H,6,11-12H2,1-5H3;5-9,12H,10-11H2,1-4H3;7-9H,4-6H2,1-3H3;4-6H,7H2,1-3H3;7H,4-6H2,1-3H3. The summed E-state index contributed by atoms with van der Waals surface area (Å²) >= 11 is 0. The molecule has 0 bridgehead atoms. The quantitative estimate of drug-likeness (QED) is 0.149. The number of aryl methyl sites for hydroxylation is 2. The third-order valence-corrected chi connectivity index (χ3v) is 13.2. The van der Waals surface area contributed by atoms with Gasteiger partial charge in [0.2, 0.25) is 0 Å². The zero-order chi connectivity index (χ0) is 48.8. The van der Waals surface area contributed by atoms with Gasteiger partial charge in [0.1, 0.15) is 5.76 Å². The van der Waals surface area contributed by atoms with Crippen LogP contribution in [-0.2, 0) is 22.7 Å². The zero-order valence-electron chi connectivity index (χ0n) is 44.3. The van der Waals surface area contributed by atoms with Gasteiger partial charge in [-0.3, -0.25) is 9.97 Å². The first kappa shape index (κ1) is 58.6. The van der Waals surface area contributed by atoms with Crippen LogP contribution in [0, 0.1) is 39.9 Å². The van der Waals surface area contributed by atoms with Crippen molar-refractivity contribution >= 4 is 15.5 Å². The van der Waals surface area contributed by atoms with Crippen molar-refractivity contribution in [2.75, 3.05) is 29.5 Å². The minimum absolute atomic E-state index is 0.156. The van der Waals surface area contributed by atoms with Crippen molar-refractivity contribution in [1.82, 2.24) is 9.97 Å². The molecule has 2 aromatic heterocycles. The largest absolute Gasteiger partial charge is 0.469 e. The van der Waals surface area contributed by atoms with Gasteiger partial charge in [-0.05, 0) is 127 Å². The van der Waals surface area contributed by atoms with Crippen LogP contribution in [0.5, 0.6) is 0 Å². The lowest BCUT2D eigenvalue weighted by Crippen LogP contribution is -2.27. The van der Waals surface area contributed by atoms with Crippen LogP contribution in [0.15, 0.2) is 96.0 Å². The summed E-state index contributed by atoms with van der Waals surface area (Å²) in [7, 11) is -2.68. The van der Waals surface area contributed by atoms with Crippen molar-refractivity contribution in [3.8, 4) is 0 Å². The van der Waals surface area contributed by atoms with E-state index in [2.05, 4.69) is 194 Å². The Morgan fingerprint density at radius 3 is 1.77 bits per heavy atom.